The molecular weight excluding hydrogens is 313 g/mol. The van der Waals surface area contributed by atoms with E-state index >= 15 is 0 Å². The van der Waals surface area contributed by atoms with E-state index in [-0.39, 0.29) is 12.5 Å². The highest BCUT2D eigenvalue weighted by atomic mass is 19.1. The molecule has 0 radical (unpaired) electrons. The Morgan fingerprint density at radius 3 is 2.71 bits per heavy atom. The number of hydrogen-bond donors (Lipinski definition) is 1. The van der Waals surface area contributed by atoms with E-state index in [9.17, 15) is 14.0 Å². The average molecular weight is 331 g/mol. The molecule has 7 heteroatoms. The van der Waals surface area contributed by atoms with Crippen molar-refractivity contribution in [2.45, 2.75) is 31.2 Å². The summed E-state index contributed by atoms with van der Waals surface area (Å²) in [6, 6.07) is 7.73. The van der Waals surface area contributed by atoms with Crippen LogP contribution >= 0.6 is 0 Å². The first-order valence-electron chi connectivity index (χ1n) is 7.94. The molecule has 1 aromatic rings. The molecule has 2 fully saturated rings. The Morgan fingerprint density at radius 2 is 2.08 bits per heavy atom. The predicted octanol–water partition coefficient (Wildman–Crippen LogP) is 1.02. The van der Waals surface area contributed by atoms with Crippen molar-refractivity contribution in [3.8, 4) is 6.07 Å². The Labute approximate surface area is 139 Å². The first kappa shape index (κ1) is 16.4. The van der Waals surface area contributed by atoms with Crippen LogP contribution in [0, 0.1) is 11.3 Å². The lowest BCUT2D eigenvalue weighted by Crippen LogP contribution is -2.42. The molecule has 2 aliphatic rings. The van der Waals surface area contributed by atoms with Gasteiger partial charge in [0.15, 0.2) is 0 Å². The Hall–Kier alpha value is -2.46. The molecular formula is C17H18FN3O3. The van der Waals surface area contributed by atoms with Gasteiger partial charge >= 0.3 is 5.97 Å². The molecule has 0 saturated carbocycles. The highest BCUT2D eigenvalue weighted by molar-refractivity contribution is 5.89. The van der Waals surface area contributed by atoms with Crippen molar-refractivity contribution in [2.24, 2.45) is 0 Å². The number of carbonyl (C=O) groups excluding carboxylic acids is 2. The summed E-state index contributed by atoms with van der Waals surface area (Å²) in [4.78, 5) is 25.9. The second kappa shape index (κ2) is 6.97. The third-order valence-corrected chi connectivity index (χ3v) is 4.35. The monoisotopic (exact) mass is 331 g/mol. The summed E-state index contributed by atoms with van der Waals surface area (Å²) in [6.45, 7) is 0.978. The second-order valence-electron chi connectivity index (χ2n) is 6.08. The molecule has 0 aromatic heterocycles. The maximum atomic E-state index is 13.2. The number of nitriles is 1. The first-order valence-corrected chi connectivity index (χ1v) is 7.94. The zero-order chi connectivity index (χ0) is 17.1. The van der Waals surface area contributed by atoms with E-state index in [1.807, 2.05) is 6.07 Å². The number of halogens is 1. The van der Waals surface area contributed by atoms with Gasteiger partial charge in [-0.05, 0) is 30.7 Å². The van der Waals surface area contributed by atoms with Crippen LogP contribution < -0.4 is 5.32 Å². The number of esters is 1. The number of rotatable bonds is 3. The van der Waals surface area contributed by atoms with Crippen LogP contribution in [0.15, 0.2) is 24.3 Å². The van der Waals surface area contributed by atoms with Gasteiger partial charge in [-0.2, -0.15) is 5.26 Å². The predicted molar refractivity (Wildman–Crippen MR) is 82.9 cm³/mol. The van der Waals surface area contributed by atoms with Crippen molar-refractivity contribution in [1.82, 2.24) is 10.2 Å². The van der Waals surface area contributed by atoms with E-state index < -0.39 is 24.3 Å². The van der Waals surface area contributed by atoms with Gasteiger partial charge in [-0.25, -0.2) is 9.18 Å². The van der Waals surface area contributed by atoms with Crippen LogP contribution in [0.4, 0.5) is 4.39 Å². The van der Waals surface area contributed by atoms with Gasteiger partial charge in [-0.3, -0.25) is 4.79 Å². The van der Waals surface area contributed by atoms with E-state index in [1.54, 1.807) is 12.1 Å². The lowest BCUT2D eigenvalue weighted by Gasteiger charge is -2.19. The number of nitrogens with one attached hydrogen (secondary N) is 1. The van der Waals surface area contributed by atoms with Crippen molar-refractivity contribution in [1.29, 1.82) is 5.26 Å². The molecule has 2 heterocycles. The fourth-order valence-electron chi connectivity index (χ4n) is 3.02. The normalized spacial score (nSPS) is 26.2. The lowest BCUT2D eigenvalue weighted by molar-refractivity contribution is -0.132. The summed E-state index contributed by atoms with van der Waals surface area (Å²) >= 11 is 0. The smallest absolute Gasteiger partial charge is 0.338 e. The highest BCUT2D eigenvalue weighted by Gasteiger charge is 2.36. The van der Waals surface area contributed by atoms with Crippen molar-refractivity contribution in [3.05, 3.63) is 35.4 Å². The number of ether oxygens (including phenoxy) is 1. The fourth-order valence-corrected chi connectivity index (χ4v) is 3.02. The Balaban J connectivity index is 1.53. The van der Waals surface area contributed by atoms with Crippen LogP contribution in [0.2, 0.25) is 0 Å². The molecule has 1 amide bonds. The van der Waals surface area contributed by atoms with Crippen molar-refractivity contribution in [3.63, 3.8) is 0 Å². The quantitative estimate of drug-likeness (QED) is 0.836. The minimum absolute atomic E-state index is 0.132. The lowest BCUT2D eigenvalue weighted by atomic mass is 10.1. The Morgan fingerprint density at radius 1 is 1.33 bits per heavy atom. The molecule has 2 saturated heterocycles. The summed E-state index contributed by atoms with van der Waals surface area (Å²) < 4.78 is 18.6. The number of amides is 1. The first-order chi connectivity index (χ1) is 11.6. The zero-order valence-corrected chi connectivity index (χ0v) is 13.1. The number of nitrogens with zero attached hydrogens (tertiary/aromatic N) is 2. The van der Waals surface area contributed by atoms with E-state index in [4.69, 9.17) is 10.00 Å². The van der Waals surface area contributed by atoms with E-state index in [0.717, 1.165) is 0 Å². The molecule has 6 nitrogen and oxygen atoms in total. The Bertz CT molecular complexity index is 671. The summed E-state index contributed by atoms with van der Waals surface area (Å²) in [5.41, 5.74) is 0.833. The van der Waals surface area contributed by atoms with Crippen LogP contribution in [-0.4, -0.2) is 54.7 Å². The molecule has 126 valence electrons. The SMILES string of the molecule is N#Cc1ccc(C(=O)O[C@@H]2CN[C@H](C(=O)N3CCC(F)C3)C2)cc1. The number of hydrogen-bond acceptors (Lipinski definition) is 5. The molecule has 0 bridgehead atoms. The van der Waals surface area contributed by atoms with Crippen LogP contribution in [-0.2, 0) is 9.53 Å². The topological polar surface area (TPSA) is 82.4 Å². The van der Waals surface area contributed by atoms with Crippen LogP contribution in [0.1, 0.15) is 28.8 Å². The molecule has 3 atom stereocenters. The third kappa shape index (κ3) is 3.54. The van der Waals surface area contributed by atoms with E-state index in [1.165, 1.54) is 17.0 Å². The van der Waals surface area contributed by atoms with Crippen molar-refractivity contribution >= 4 is 11.9 Å². The van der Waals surface area contributed by atoms with Crippen LogP contribution in [0.3, 0.4) is 0 Å². The van der Waals surface area contributed by atoms with Gasteiger partial charge in [-0.15, -0.1) is 0 Å². The van der Waals surface area contributed by atoms with Gasteiger partial charge in [0.1, 0.15) is 12.3 Å². The van der Waals surface area contributed by atoms with Gasteiger partial charge in [0.05, 0.1) is 29.8 Å². The summed E-state index contributed by atoms with van der Waals surface area (Å²) in [6.07, 6.45) is -0.574. The van der Waals surface area contributed by atoms with Gasteiger partial charge < -0.3 is 15.0 Å². The standard InChI is InChI=1S/C17H18FN3O3/c18-13-5-6-21(10-13)16(22)15-7-14(9-20-15)24-17(23)12-3-1-11(8-19)2-4-12/h1-4,13-15,20H,5-7,9-10H2/t13?,14-,15-/m0/s1. The van der Waals surface area contributed by atoms with Gasteiger partial charge in [0, 0.05) is 19.5 Å². The minimum Gasteiger partial charge on any atom is -0.457 e. The fraction of sp³-hybridized carbons (Fsp3) is 0.471. The zero-order valence-electron chi connectivity index (χ0n) is 13.1. The molecule has 0 aliphatic carbocycles. The van der Waals surface area contributed by atoms with Crippen molar-refractivity contribution in [2.75, 3.05) is 19.6 Å². The number of alkyl halides is 1. The average Bonchev–Trinajstić information content (AvgIpc) is 3.23. The maximum Gasteiger partial charge on any atom is 0.338 e. The number of benzene rings is 1. The molecule has 24 heavy (non-hydrogen) atoms. The summed E-state index contributed by atoms with van der Waals surface area (Å²) in [5.74, 6) is -0.614. The van der Waals surface area contributed by atoms with Gasteiger partial charge in [0.25, 0.3) is 0 Å². The summed E-state index contributed by atoms with van der Waals surface area (Å²) in [5, 5.41) is 11.8. The number of likely N-dealkylation sites (tertiary alicyclic amines) is 1. The summed E-state index contributed by atoms with van der Waals surface area (Å²) in [7, 11) is 0. The largest absolute Gasteiger partial charge is 0.457 e. The molecule has 0 spiro atoms. The van der Waals surface area contributed by atoms with Crippen molar-refractivity contribution < 1.29 is 18.7 Å². The van der Waals surface area contributed by atoms with Gasteiger partial charge in [0.2, 0.25) is 5.91 Å². The van der Waals surface area contributed by atoms with Gasteiger partial charge in [-0.1, -0.05) is 0 Å². The highest BCUT2D eigenvalue weighted by Crippen LogP contribution is 2.19. The maximum absolute atomic E-state index is 13.2. The molecule has 1 N–H and O–H groups in total. The molecule has 1 aromatic carbocycles. The van der Waals surface area contributed by atoms with Crippen LogP contribution in [0.25, 0.3) is 0 Å². The Kier molecular flexibility index (Phi) is 4.76. The van der Waals surface area contributed by atoms with Crippen LogP contribution in [0.5, 0.6) is 0 Å². The van der Waals surface area contributed by atoms with E-state index in [0.29, 0.717) is 37.1 Å². The minimum atomic E-state index is -0.944. The van der Waals surface area contributed by atoms with E-state index in [2.05, 4.69) is 5.32 Å². The second-order valence-corrected chi connectivity index (χ2v) is 6.08. The molecule has 2 aliphatic heterocycles. The molecule has 3 rings (SSSR count). The molecule has 1 unspecified atom stereocenters. The number of carbonyl (C=O) groups is 2. The third-order valence-electron chi connectivity index (χ3n) is 4.35.